The van der Waals surface area contributed by atoms with E-state index in [4.69, 9.17) is 5.73 Å². The molecule has 0 unspecified atom stereocenters. The number of nitrogens with zero attached hydrogens (tertiary/aromatic N) is 1. The highest BCUT2D eigenvalue weighted by atomic mass is 32.2. The highest BCUT2D eigenvalue weighted by Gasteiger charge is 2.18. The van der Waals surface area contributed by atoms with Crippen molar-refractivity contribution in [3.05, 3.63) is 36.0 Å². The fourth-order valence-electron chi connectivity index (χ4n) is 2.30. The van der Waals surface area contributed by atoms with E-state index in [-0.39, 0.29) is 5.91 Å². The predicted octanol–water partition coefficient (Wildman–Crippen LogP) is 1.80. The normalized spacial score (nSPS) is 13.5. The number of nitrogens with two attached hydrogens (primary N) is 1. The van der Waals surface area contributed by atoms with Crippen LogP contribution in [0.3, 0.4) is 0 Å². The Bertz CT molecular complexity index is 676. The number of H-pyrrole nitrogens is 1. The maximum atomic E-state index is 12.0. The number of hydrogen-bond acceptors (Lipinski definition) is 4. The van der Waals surface area contributed by atoms with E-state index in [9.17, 15) is 10.1 Å². The van der Waals surface area contributed by atoms with Gasteiger partial charge >= 0.3 is 0 Å². The molecule has 116 valence electrons. The van der Waals surface area contributed by atoms with Gasteiger partial charge in [-0.1, -0.05) is 18.2 Å². The lowest BCUT2D eigenvalue weighted by Crippen LogP contribution is -2.45. The zero-order valence-corrected chi connectivity index (χ0v) is 13.3. The van der Waals surface area contributed by atoms with Crippen LogP contribution >= 0.6 is 11.8 Å². The molecule has 2 atom stereocenters. The molecule has 22 heavy (non-hydrogen) atoms. The van der Waals surface area contributed by atoms with Crippen molar-refractivity contribution < 1.29 is 4.79 Å². The van der Waals surface area contributed by atoms with Crippen molar-refractivity contribution >= 4 is 28.6 Å². The molecule has 1 aromatic heterocycles. The number of thioether (sulfide) groups is 1. The molecule has 1 heterocycles. The highest BCUT2D eigenvalue weighted by molar-refractivity contribution is 7.98. The molecule has 0 aliphatic heterocycles. The highest BCUT2D eigenvalue weighted by Crippen LogP contribution is 2.19. The van der Waals surface area contributed by atoms with E-state index in [2.05, 4.69) is 16.4 Å². The molecule has 0 spiro atoms. The van der Waals surface area contributed by atoms with Gasteiger partial charge in [-0.25, -0.2) is 0 Å². The lowest BCUT2D eigenvalue weighted by Gasteiger charge is -2.15. The third-order valence-corrected chi connectivity index (χ3v) is 4.18. The molecular formula is C16H20N4OS. The largest absolute Gasteiger partial charge is 0.361 e. The third kappa shape index (κ3) is 4.03. The zero-order chi connectivity index (χ0) is 15.9. The van der Waals surface area contributed by atoms with Crippen LogP contribution in [0.1, 0.15) is 12.0 Å². The van der Waals surface area contributed by atoms with Crippen molar-refractivity contribution in [3.8, 4) is 6.07 Å². The van der Waals surface area contributed by atoms with Crippen LogP contribution in [-0.2, 0) is 11.2 Å². The molecule has 0 saturated heterocycles. The van der Waals surface area contributed by atoms with Gasteiger partial charge in [-0.15, -0.1) is 0 Å². The van der Waals surface area contributed by atoms with Crippen LogP contribution in [0.25, 0.3) is 10.9 Å². The van der Waals surface area contributed by atoms with E-state index >= 15 is 0 Å². The van der Waals surface area contributed by atoms with Crippen LogP contribution in [0.4, 0.5) is 0 Å². The van der Waals surface area contributed by atoms with Gasteiger partial charge in [0.05, 0.1) is 12.1 Å². The summed E-state index contributed by atoms with van der Waals surface area (Å²) in [6.45, 7) is 0. The number of carbonyl (C=O) groups excluding carboxylic acids is 1. The average Bonchev–Trinajstić information content (AvgIpc) is 2.95. The fraction of sp³-hybridized carbons (Fsp3) is 0.375. The number of rotatable bonds is 7. The molecule has 6 heteroatoms. The number of para-hydroxylation sites is 1. The Morgan fingerprint density at radius 1 is 1.50 bits per heavy atom. The van der Waals surface area contributed by atoms with Gasteiger partial charge in [-0.2, -0.15) is 17.0 Å². The summed E-state index contributed by atoms with van der Waals surface area (Å²) < 4.78 is 0. The Morgan fingerprint density at radius 3 is 3.00 bits per heavy atom. The second-order valence-electron chi connectivity index (χ2n) is 5.14. The number of amides is 1. The number of aromatic amines is 1. The maximum Gasteiger partial charge on any atom is 0.237 e. The monoisotopic (exact) mass is 316 g/mol. The van der Waals surface area contributed by atoms with Crippen molar-refractivity contribution in [2.75, 3.05) is 12.0 Å². The van der Waals surface area contributed by atoms with Gasteiger partial charge in [-0.3, -0.25) is 4.79 Å². The Labute approximate surface area is 134 Å². The molecule has 4 N–H and O–H groups in total. The lowest BCUT2D eigenvalue weighted by molar-refractivity contribution is -0.122. The van der Waals surface area contributed by atoms with Gasteiger partial charge in [0.15, 0.2) is 0 Å². The Morgan fingerprint density at radius 2 is 2.27 bits per heavy atom. The molecule has 2 rings (SSSR count). The first-order chi connectivity index (χ1) is 10.7. The number of hydrogen-bond donors (Lipinski definition) is 3. The van der Waals surface area contributed by atoms with Gasteiger partial charge in [0.2, 0.25) is 5.91 Å². The number of fused-ring (bicyclic) bond motifs is 1. The summed E-state index contributed by atoms with van der Waals surface area (Å²) in [6, 6.07) is 8.90. The molecule has 0 bridgehead atoms. The maximum absolute atomic E-state index is 12.0. The Kier molecular flexibility index (Phi) is 5.87. The molecule has 1 amide bonds. The SMILES string of the molecule is CSCC[C@H](N)C(=O)N[C@H](C#N)Cc1c[nH]c2ccccc12. The molecule has 5 nitrogen and oxygen atoms in total. The number of nitrogens with one attached hydrogen (secondary N) is 2. The Balaban J connectivity index is 2.01. The number of nitriles is 1. The number of carbonyl (C=O) groups is 1. The molecule has 0 radical (unpaired) electrons. The zero-order valence-electron chi connectivity index (χ0n) is 12.5. The van der Waals surface area contributed by atoms with E-state index in [1.54, 1.807) is 11.8 Å². The van der Waals surface area contributed by atoms with Crippen LogP contribution in [-0.4, -0.2) is 35.0 Å². The predicted molar refractivity (Wildman–Crippen MR) is 90.5 cm³/mol. The molecule has 0 saturated carbocycles. The molecular weight excluding hydrogens is 296 g/mol. The van der Waals surface area contributed by atoms with Gasteiger partial charge < -0.3 is 16.0 Å². The lowest BCUT2D eigenvalue weighted by atomic mass is 10.1. The van der Waals surface area contributed by atoms with Crippen molar-refractivity contribution in [1.82, 2.24) is 10.3 Å². The number of benzene rings is 1. The van der Waals surface area contributed by atoms with Crippen LogP contribution < -0.4 is 11.1 Å². The summed E-state index contributed by atoms with van der Waals surface area (Å²) in [7, 11) is 0. The minimum absolute atomic E-state index is 0.263. The molecule has 0 aliphatic carbocycles. The first-order valence-corrected chi connectivity index (χ1v) is 8.54. The van der Waals surface area contributed by atoms with Crippen LogP contribution in [0.5, 0.6) is 0 Å². The van der Waals surface area contributed by atoms with Crippen LogP contribution in [0.2, 0.25) is 0 Å². The van der Waals surface area contributed by atoms with Gasteiger partial charge in [0, 0.05) is 23.5 Å². The molecule has 2 aromatic rings. The van der Waals surface area contributed by atoms with E-state index in [0.29, 0.717) is 12.8 Å². The van der Waals surface area contributed by atoms with Crippen LogP contribution in [0.15, 0.2) is 30.5 Å². The summed E-state index contributed by atoms with van der Waals surface area (Å²) >= 11 is 1.65. The minimum Gasteiger partial charge on any atom is -0.361 e. The Hall–Kier alpha value is -1.97. The topological polar surface area (TPSA) is 94.7 Å². The van der Waals surface area contributed by atoms with Gasteiger partial charge in [0.25, 0.3) is 0 Å². The van der Waals surface area contributed by atoms with E-state index in [0.717, 1.165) is 22.2 Å². The second kappa shape index (κ2) is 7.87. The first kappa shape index (κ1) is 16.4. The van der Waals surface area contributed by atoms with Crippen molar-refractivity contribution in [1.29, 1.82) is 5.26 Å². The third-order valence-electron chi connectivity index (χ3n) is 3.54. The summed E-state index contributed by atoms with van der Waals surface area (Å²) in [5.74, 6) is 0.564. The summed E-state index contributed by atoms with van der Waals surface area (Å²) in [4.78, 5) is 15.2. The van der Waals surface area contributed by atoms with Gasteiger partial charge in [-0.05, 0) is 30.1 Å². The summed E-state index contributed by atoms with van der Waals surface area (Å²) in [5.41, 5.74) is 7.87. The van der Waals surface area contributed by atoms with Gasteiger partial charge in [0.1, 0.15) is 6.04 Å². The smallest absolute Gasteiger partial charge is 0.237 e. The van der Waals surface area contributed by atoms with Crippen molar-refractivity contribution in [2.24, 2.45) is 5.73 Å². The molecule has 0 fully saturated rings. The number of aromatic nitrogens is 1. The average molecular weight is 316 g/mol. The van der Waals surface area contributed by atoms with E-state index in [1.165, 1.54) is 0 Å². The molecule has 1 aromatic carbocycles. The van der Waals surface area contributed by atoms with Crippen LogP contribution in [0, 0.1) is 11.3 Å². The molecule has 0 aliphatic rings. The van der Waals surface area contributed by atoms with Crippen molar-refractivity contribution in [3.63, 3.8) is 0 Å². The van der Waals surface area contributed by atoms with Crippen molar-refractivity contribution in [2.45, 2.75) is 24.9 Å². The standard InChI is InChI=1S/C16H20N4OS/c1-22-7-6-14(18)16(21)20-12(9-17)8-11-10-19-15-5-3-2-4-13(11)15/h2-5,10,12,14,19H,6-8,18H2,1H3,(H,20,21)/t12-,14-/m0/s1. The summed E-state index contributed by atoms with van der Waals surface area (Å²) in [6.07, 6.45) is 4.92. The fourth-order valence-corrected chi connectivity index (χ4v) is 2.79. The quantitative estimate of drug-likeness (QED) is 0.726. The van der Waals surface area contributed by atoms with E-state index < -0.39 is 12.1 Å². The first-order valence-electron chi connectivity index (χ1n) is 7.15. The minimum atomic E-state index is -0.577. The van der Waals surface area contributed by atoms with E-state index in [1.807, 2.05) is 36.7 Å². The summed E-state index contributed by atoms with van der Waals surface area (Å²) in [5, 5.41) is 13.1. The second-order valence-corrected chi connectivity index (χ2v) is 6.13.